The van der Waals surface area contributed by atoms with Crippen LogP contribution in [0.15, 0.2) is 59.1 Å². The lowest BCUT2D eigenvalue weighted by Gasteiger charge is -2.07. The van der Waals surface area contributed by atoms with Crippen molar-refractivity contribution in [3.8, 4) is 17.1 Å². The number of ether oxygens (including phenoxy) is 1. The zero-order valence-electron chi connectivity index (χ0n) is 13.2. The van der Waals surface area contributed by atoms with E-state index in [4.69, 9.17) is 15.0 Å². The molecule has 0 aliphatic heterocycles. The lowest BCUT2D eigenvalue weighted by Crippen LogP contribution is -2.01. The summed E-state index contributed by atoms with van der Waals surface area (Å²) >= 11 is 0. The minimum Gasteiger partial charge on any atom is -0.493 e. The first-order valence-electron chi connectivity index (χ1n) is 7.70. The second-order valence-corrected chi connectivity index (χ2v) is 5.40. The van der Waals surface area contributed by atoms with E-state index in [-0.39, 0.29) is 0 Å². The third-order valence-electron chi connectivity index (χ3n) is 3.83. The molecule has 4 heteroatoms. The SMILES string of the molecule is Cc1c(CN)noc1-c1ccc(OCCc2ccccc2)cc1. The molecule has 2 aromatic carbocycles. The first kappa shape index (κ1) is 15.3. The maximum absolute atomic E-state index is 5.79. The summed E-state index contributed by atoms with van der Waals surface area (Å²) in [6.07, 6.45) is 0.893. The number of nitrogens with zero attached hydrogens (tertiary/aromatic N) is 1. The van der Waals surface area contributed by atoms with Crippen LogP contribution in [0.5, 0.6) is 5.75 Å². The van der Waals surface area contributed by atoms with Crippen LogP contribution < -0.4 is 10.5 Å². The average molecular weight is 308 g/mol. The van der Waals surface area contributed by atoms with E-state index in [0.29, 0.717) is 13.2 Å². The zero-order chi connectivity index (χ0) is 16.1. The molecule has 0 radical (unpaired) electrons. The minimum atomic E-state index is 0.385. The van der Waals surface area contributed by atoms with Gasteiger partial charge < -0.3 is 15.0 Å². The van der Waals surface area contributed by atoms with Crippen molar-refractivity contribution in [3.63, 3.8) is 0 Å². The van der Waals surface area contributed by atoms with E-state index in [1.807, 2.05) is 49.4 Å². The van der Waals surface area contributed by atoms with Crippen molar-refractivity contribution in [2.75, 3.05) is 6.61 Å². The highest BCUT2D eigenvalue weighted by molar-refractivity contribution is 5.62. The molecule has 0 bridgehead atoms. The molecule has 118 valence electrons. The largest absolute Gasteiger partial charge is 0.493 e. The molecule has 0 aliphatic rings. The molecule has 0 amide bonds. The number of rotatable bonds is 6. The van der Waals surface area contributed by atoms with Gasteiger partial charge in [-0.25, -0.2) is 0 Å². The Morgan fingerprint density at radius 1 is 1.04 bits per heavy atom. The Labute approximate surface area is 135 Å². The zero-order valence-corrected chi connectivity index (χ0v) is 13.2. The van der Waals surface area contributed by atoms with E-state index >= 15 is 0 Å². The number of hydrogen-bond donors (Lipinski definition) is 1. The predicted molar refractivity (Wildman–Crippen MR) is 90.2 cm³/mol. The number of nitrogens with two attached hydrogens (primary N) is 1. The first-order valence-corrected chi connectivity index (χ1v) is 7.70. The molecule has 23 heavy (non-hydrogen) atoms. The van der Waals surface area contributed by atoms with Gasteiger partial charge >= 0.3 is 0 Å². The highest BCUT2D eigenvalue weighted by Crippen LogP contribution is 2.27. The standard InChI is InChI=1S/C19H20N2O2/c1-14-18(13-20)21-23-19(14)16-7-9-17(10-8-16)22-12-11-15-5-3-2-4-6-15/h2-10H,11-13,20H2,1H3. The molecule has 2 N–H and O–H groups in total. The Hall–Kier alpha value is -2.59. The van der Waals surface area contributed by atoms with Gasteiger partial charge in [0.05, 0.1) is 6.61 Å². The molecule has 0 atom stereocenters. The molecule has 0 saturated carbocycles. The van der Waals surface area contributed by atoms with E-state index in [0.717, 1.165) is 34.8 Å². The Bertz CT molecular complexity index is 749. The van der Waals surface area contributed by atoms with E-state index < -0.39 is 0 Å². The Kier molecular flexibility index (Phi) is 4.74. The maximum atomic E-state index is 5.79. The van der Waals surface area contributed by atoms with Crippen molar-refractivity contribution >= 4 is 0 Å². The van der Waals surface area contributed by atoms with E-state index in [1.165, 1.54) is 5.56 Å². The first-order chi connectivity index (χ1) is 11.3. The number of benzene rings is 2. The Balaban J connectivity index is 1.62. The fourth-order valence-corrected chi connectivity index (χ4v) is 2.46. The van der Waals surface area contributed by atoms with Gasteiger partial charge in [0.15, 0.2) is 5.76 Å². The van der Waals surface area contributed by atoms with Crippen LogP contribution in [-0.4, -0.2) is 11.8 Å². The molecule has 4 nitrogen and oxygen atoms in total. The van der Waals surface area contributed by atoms with Crippen LogP contribution in [0, 0.1) is 6.92 Å². The second kappa shape index (κ2) is 7.11. The number of aromatic nitrogens is 1. The quantitative estimate of drug-likeness (QED) is 0.753. The summed E-state index contributed by atoms with van der Waals surface area (Å²) in [6, 6.07) is 18.2. The summed E-state index contributed by atoms with van der Waals surface area (Å²) in [5, 5.41) is 3.98. The van der Waals surface area contributed by atoms with Gasteiger partial charge in [-0.3, -0.25) is 0 Å². The summed E-state index contributed by atoms with van der Waals surface area (Å²) in [5.74, 6) is 1.61. The molecule has 1 aromatic heterocycles. The topological polar surface area (TPSA) is 61.3 Å². The summed E-state index contributed by atoms with van der Waals surface area (Å²) < 4.78 is 11.2. The highest BCUT2D eigenvalue weighted by Gasteiger charge is 2.12. The van der Waals surface area contributed by atoms with Gasteiger partial charge in [-0.05, 0) is 36.8 Å². The van der Waals surface area contributed by atoms with Crippen LogP contribution in [0.1, 0.15) is 16.8 Å². The van der Waals surface area contributed by atoms with Crippen LogP contribution in [0.3, 0.4) is 0 Å². The smallest absolute Gasteiger partial charge is 0.170 e. The molecule has 0 unspecified atom stereocenters. The van der Waals surface area contributed by atoms with Crippen molar-refractivity contribution in [2.45, 2.75) is 19.9 Å². The van der Waals surface area contributed by atoms with E-state index in [9.17, 15) is 0 Å². The molecule has 3 aromatic rings. The molecule has 0 aliphatic carbocycles. The molecule has 1 heterocycles. The van der Waals surface area contributed by atoms with E-state index in [2.05, 4.69) is 17.3 Å². The third kappa shape index (κ3) is 3.60. The molecular formula is C19H20N2O2. The number of hydrogen-bond acceptors (Lipinski definition) is 4. The fourth-order valence-electron chi connectivity index (χ4n) is 2.46. The highest BCUT2D eigenvalue weighted by atomic mass is 16.5. The average Bonchev–Trinajstić information content (AvgIpc) is 2.97. The van der Waals surface area contributed by atoms with Gasteiger partial charge in [-0.2, -0.15) is 0 Å². The van der Waals surface area contributed by atoms with Crippen molar-refractivity contribution in [1.29, 1.82) is 0 Å². The monoisotopic (exact) mass is 308 g/mol. The van der Waals surface area contributed by atoms with Crippen LogP contribution in [0.4, 0.5) is 0 Å². The van der Waals surface area contributed by atoms with Crippen LogP contribution in [-0.2, 0) is 13.0 Å². The second-order valence-electron chi connectivity index (χ2n) is 5.40. The predicted octanol–water partition coefficient (Wildman–Crippen LogP) is 3.73. The molecule has 0 saturated heterocycles. The van der Waals surface area contributed by atoms with Gasteiger partial charge in [-0.1, -0.05) is 35.5 Å². The van der Waals surface area contributed by atoms with Gasteiger partial charge in [-0.15, -0.1) is 0 Å². The van der Waals surface area contributed by atoms with Gasteiger partial charge in [0, 0.05) is 24.1 Å². The normalized spacial score (nSPS) is 10.7. The molecule has 0 fully saturated rings. The fraction of sp³-hybridized carbons (Fsp3) is 0.211. The van der Waals surface area contributed by atoms with Crippen LogP contribution in [0.25, 0.3) is 11.3 Å². The van der Waals surface area contributed by atoms with Crippen molar-refractivity contribution in [1.82, 2.24) is 5.16 Å². The minimum absolute atomic E-state index is 0.385. The summed E-state index contributed by atoms with van der Waals surface area (Å²) in [5.41, 5.74) is 9.66. The molecule has 0 spiro atoms. The van der Waals surface area contributed by atoms with Crippen molar-refractivity contribution in [2.24, 2.45) is 5.73 Å². The lowest BCUT2D eigenvalue weighted by molar-refractivity contribution is 0.322. The van der Waals surface area contributed by atoms with Gasteiger partial charge in [0.25, 0.3) is 0 Å². The van der Waals surface area contributed by atoms with Gasteiger partial charge in [0.1, 0.15) is 11.4 Å². The van der Waals surface area contributed by atoms with E-state index in [1.54, 1.807) is 0 Å². The van der Waals surface area contributed by atoms with Crippen molar-refractivity contribution in [3.05, 3.63) is 71.4 Å². The Morgan fingerprint density at radius 2 is 1.78 bits per heavy atom. The van der Waals surface area contributed by atoms with Crippen molar-refractivity contribution < 1.29 is 9.26 Å². The Morgan fingerprint density at radius 3 is 2.43 bits per heavy atom. The molecular weight excluding hydrogens is 288 g/mol. The van der Waals surface area contributed by atoms with Crippen LogP contribution in [0.2, 0.25) is 0 Å². The third-order valence-corrected chi connectivity index (χ3v) is 3.83. The summed E-state index contributed by atoms with van der Waals surface area (Å²) in [6.45, 7) is 3.01. The lowest BCUT2D eigenvalue weighted by atomic mass is 10.1. The van der Waals surface area contributed by atoms with Gasteiger partial charge in [0.2, 0.25) is 0 Å². The maximum Gasteiger partial charge on any atom is 0.170 e. The summed E-state index contributed by atoms with van der Waals surface area (Å²) in [4.78, 5) is 0. The summed E-state index contributed by atoms with van der Waals surface area (Å²) in [7, 11) is 0. The molecule has 3 rings (SSSR count). The van der Waals surface area contributed by atoms with Crippen LogP contribution >= 0.6 is 0 Å².